The molecule has 1 aromatic heterocycles. The van der Waals surface area contributed by atoms with Gasteiger partial charge < -0.3 is 4.74 Å². The highest BCUT2D eigenvalue weighted by molar-refractivity contribution is 5.90. The number of nitrogens with zero attached hydrogens (tertiary/aromatic N) is 1. The summed E-state index contributed by atoms with van der Waals surface area (Å²) in [6.45, 7) is 3.64. The molecule has 0 aromatic carbocycles. The Bertz CT molecular complexity index is 388. The molecule has 0 fully saturated rings. The van der Waals surface area contributed by atoms with Crippen LogP contribution in [0.3, 0.4) is 0 Å². The van der Waals surface area contributed by atoms with Gasteiger partial charge in [0.25, 0.3) is 0 Å². The lowest BCUT2D eigenvalue weighted by Gasteiger charge is -1.98. The smallest absolute Gasteiger partial charge is 0.367 e. The predicted octanol–water partition coefficient (Wildman–Crippen LogP) is 2.26. The van der Waals surface area contributed by atoms with Gasteiger partial charge in [-0.1, -0.05) is 0 Å². The Morgan fingerprint density at radius 1 is 1.67 bits per heavy atom. The van der Waals surface area contributed by atoms with Gasteiger partial charge in [0.2, 0.25) is 5.83 Å². The quantitative estimate of drug-likeness (QED) is 0.566. The fraction of sp³-hybridized carbons (Fsp3) is 0.273. The van der Waals surface area contributed by atoms with E-state index < -0.39 is 11.8 Å². The summed E-state index contributed by atoms with van der Waals surface area (Å²) in [6.07, 6.45) is 2.62. The van der Waals surface area contributed by atoms with Crippen LogP contribution in [0.15, 0.2) is 24.2 Å². The van der Waals surface area contributed by atoms with Crippen molar-refractivity contribution in [3.05, 3.63) is 35.4 Å². The lowest BCUT2D eigenvalue weighted by molar-refractivity contribution is -0.140. The highest BCUT2D eigenvalue weighted by Gasteiger charge is 2.09. The topological polar surface area (TPSA) is 39.2 Å². The highest BCUT2D eigenvalue weighted by Crippen LogP contribution is 2.08. The molecule has 0 saturated carbocycles. The molecule has 0 aliphatic rings. The number of carbonyl (C=O) groups excluding carboxylic acids is 1. The summed E-state index contributed by atoms with van der Waals surface area (Å²) in [5, 5.41) is 0. The minimum Gasteiger partial charge on any atom is -0.461 e. The Labute approximate surface area is 87.6 Å². The maximum absolute atomic E-state index is 13.1. The molecule has 0 bridgehead atoms. The van der Waals surface area contributed by atoms with Crippen molar-refractivity contribution in [2.24, 2.45) is 0 Å². The van der Waals surface area contributed by atoms with Gasteiger partial charge in [0.1, 0.15) is 0 Å². The van der Waals surface area contributed by atoms with Crippen molar-refractivity contribution in [2.75, 3.05) is 6.61 Å². The Balaban J connectivity index is 2.82. The van der Waals surface area contributed by atoms with Crippen LogP contribution < -0.4 is 0 Å². The van der Waals surface area contributed by atoms with Gasteiger partial charge in [-0.2, -0.15) is 4.39 Å². The summed E-state index contributed by atoms with van der Waals surface area (Å²) in [5.41, 5.74) is 1.36. The molecule has 0 amide bonds. The molecule has 0 spiro atoms. The molecule has 15 heavy (non-hydrogen) atoms. The molecule has 0 aliphatic carbocycles. The van der Waals surface area contributed by atoms with E-state index in [9.17, 15) is 9.18 Å². The molecule has 0 aliphatic heterocycles. The number of hydrogen-bond donors (Lipinski definition) is 0. The average molecular weight is 209 g/mol. The van der Waals surface area contributed by atoms with Gasteiger partial charge in [-0.05, 0) is 31.5 Å². The Morgan fingerprint density at radius 3 is 3.00 bits per heavy atom. The Hall–Kier alpha value is -1.71. The van der Waals surface area contributed by atoms with E-state index in [-0.39, 0.29) is 6.61 Å². The zero-order valence-electron chi connectivity index (χ0n) is 8.66. The van der Waals surface area contributed by atoms with Gasteiger partial charge in [0.15, 0.2) is 0 Å². The standard InChI is InChI=1S/C11H12FNO2/c1-3-15-11(14)10(12)7-9-6-8(2)4-5-13-9/h4-7H,3H2,1-2H3/b10-7-. The average Bonchev–Trinajstić information content (AvgIpc) is 2.18. The number of hydrogen-bond acceptors (Lipinski definition) is 3. The largest absolute Gasteiger partial charge is 0.461 e. The van der Waals surface area contributed by atoms with Gasteiger partial charge >= 0.3 is 5.97 Å². The van der Waals surface area contributed by atoms with E-state index in [1.807, 2.05) is 6.92 Å². The third-order valence-electron chi connectivity index (χ3n) is 1.68. The summed E-state index contributed by atoms with van der Waals surface area (Å²) in [6, 6.07) is 3.47. The fourth-order valence-corrected chi connectivity index (χ4v) is 1.03. The van der Waals surface area contributed by atoms with E-state index in [1.165, 1.54) is 0 Å². The van der Waals surface area contributed by atoms with Crippen LogP contribution in [0, 0.1) is 6.92 Å². The predicted molar refractivity (Wildman–Crippen MR) is 54.7 cm³/mol. The van der Waals surface area contributed by atoms with E-state index in [1.54, 1.807) is 25.3 Å². The number of aromatic nitrogens is 1. The number of rotatable bonds is 3. The SMILES string of the molecule is CCOC(=O)/C(F)=C/c1cc(C)ccn1. The number of ether oxygens (including phenoxy) is 1. The molecule has 0 radical (unpaired) electrons. The summed E-state index contributed by atoms with van der Waals surface area (Å²) >= 11 is 0. The van der Waals surface area contributed by atoms with E-state index in [4.69, 9.17) is 0 Å². The molecule has 1 rings (SSSR count). The zero-order chi connectivity index (χ0) is 11.3. The highest BCUT2D eigenvalue weighted by atomic mass is 19.1. The molecular formula is C11H12FNO2. The second kappa shape index (κ2) is 5.24. The van der Waals surface area contributed by atoms with Crippen molar-refractivity contribution in [1.29, 1.82) is 0 Å². The van der Waals surface area contributed by atoms with Crippen LogP contribution in [0.25, 0.3) is 6.08 Å². The lowest BCUT2D eigenvalue weighted by atomic mass is 10.2. The van der Waals surface area contributed by atoms with Gasteiger partial charge in [-0.25, -0.2) is 4.79 Å². The van der Waals surface area contributed by atoms with E-state index >= 15 is 0 Å². The summed E-state index contributed by atoms with van der Waals surface area (Å²) < 4.78 is 17.6. The third-order valence-corrected chi connectivity index (χ3v) is 1.68. The molecule has 1 heterocycles. The second-order valence-electron chi connectivity index (χ2n) is 2.97. The van der Waals surface area contributed by atoms with Crippen LogP contribution >= 0.6 is 0 Å². The first-order valence-corrected chi connectivity index (χ1v) is 4.60. The molecule has 0 N–H and O–H groups in total. The maximum atomic E-state index is 13.1. The van der Waals surface area contributed by atoms with Crippen molar-refractivity contribution in [3.63, 3.8) is 0 Å². The first-order chi connectivity index (χ1) is 7.13. The van der Waals surface area contributed by atoms with Crippen LogP contribution in [-0.4, -0.2) is 17.6 Å². The molecule has 0 atom stereocenters. The number of carbonyl (C=O) groups is 1. The summed E-state index contributed by atoms with van der Waals surface area (Å²) in [4.78, 5) is 14.8. The van der Waals surface area contributed by atoms with Crippen LogP contribution in [0.1, 0.15) is 18.2 Å². The van der Waals surface area contributed by atoms with Crippen LogP contribution in [0.4, 0.5) is 4.39 Å². The Kier molecular flexibility index (Phi) is 3.97. The minimum absolute atomic E-state index is 0.154. The minimum atomic E-state index is -0.958. The normalized spacial score (nSPS) is 11.3. The fourth-order valence-electron chi connectivity index (χ4n) is 1.03. The Morgan fingerprint density at radius 2 is 2.40 bits per heavy atom. The van der Waals surface area contributed by atoms with Gasteiger partial charge in [-0.15, -0.1) is 0 Å². The zero-order valence-corrected chi connectivity index (χ0v) is 8.66. The second-order valence-corrected chi connectivity index (χ2v) is 2.97. The first-order valence-electron chi connectivity index (χ1n) is 4.60. The molecule has 1 aromatic rings. The molecule has 80 valence electrons. The van der Waals surface area contributed by atoms with Gasteiger partial charge in [0, 0.05) is 12.3 Å². The molecule has 3 nitrogen and oxygen atoms in total. The summed E-state index contributed by atoms with van der Waals surface area (Å²) in [5.74, 6) is -1.89. The van der Waals surface area contributed by atoms with Crippen molar-refractivity contribution >= 4 is 12.0 Å². The number of pyridine rings is 1. The number of esters is 1. The lowest BCUT2D eigenvalue weighted by Crippen LogP contribution is -2.04. The molecule has 0 saturated heterocycles. The maximum Gasteiger partial charge on any atom is 0.367 e. The van der Waals surface area contributed by atoms with Gasteiger partial charge in [-0.3, -0.25) is 4.98 Å². The van der Waals surface area contributed by atoms with E-state index in [2.05, 4.69) is 9.72 Å². The molecule has 4 heteroatoms. The summed E-state index contributed by atoms with van der Waals surface area (Å²) in [7, 11) is 0. The van der Waals surface area contributed by atoms with Crippen LogP contribution in [-0.2, 0) is 9.53 Å². The first kappa shape index (κ1) is 11.4. The van der Waals surface area contributed by atoms with Crippen LogP contribution in [0.5, 0.6) is 0 Å². The van der Waals surface area contributed by atoms with Crippen molar-refractivity contribution in [2.45, 2.75) is 13.8 Å². The van der Waals surface area contributed by atoms with Gasteiger partial charge in [0.05, 0.1) is 12.3 Å². The van der Waals surface area contributed by atoms with E-state index in [0.717, 1.165) is 11.6 Å². The third kappa shape index (κ3) is 3.50. The molecule has 0 unspecified atom stereocenters. The van der Waals surface area contributed by atoms with E-state index in [0.29, 0.717) is 5.69 Å². The molecular weight excluding hydrogens is 197 g/mol. The number of aryl methyl sites for hydroxylation is 1. The van der Waals surface area contributed by atoms with Crippen molar-refractivity contribution in [1.82, 2.24) is 4.98 Å². The van der Waals surface area contributed by atoms with Crippen molar-refractivity contribution in [3.8, 4) is 0 Å². The monoisotopic (exact) mass is 209 g/mol. The van der Waals surface area contributed by atoms with Crippen molar-refractivity contribution < 1.29 is 13.9 Å². The number of halogens is 1. The van der Waals surface area contributed by atoms with Crippen LogP contribution in [0.2, 0.25) is 0 Å².